The molecule has 1 aromatic carbocycles. The van der Waals surface area contributed by atoms with E-state index >= 15 is 0 Å². The number of amides is 1. The molecule has 0 radical (unpaired) electrons. The Hall–Kier alpha value is -3.36. The van der Waals surface area contributed by atoms with Crippen LogP contribution >= 0.6 is 11.6 Å². The summed E-state index contributed by atoms with van der Waals surface area (Å²) in [6.07, 6.45) is -4.12. The van der Waals surface area contributed by atoms with Crippen LogP contribution in [0.1, 0.15) is 18.2 Å². The van der Waals surface area contributed by atoms with Crippen molar-refractivity contribution in [3.63, 3.8) is 0 Å². The van der Waals surface area contributed by atoms with E-state index in [0.717, 1.165) is 18.2 Å². The summed E-state index contributed by atoms with van der Waals surface area (Å²) in [6.45, 7) is 7.07. The maximum absolute atomic E-state index is 13.9. The predicted molar refractivity (Wildman–Crippen MR) is 147 cm³/mol. The number of piperazine rings is 1. The van der Waals surface area contributed by atoms with Gasteiger partial charge in [0.25, 0.3) is 5.56 Å². The Morgan fingerprint density at radius 2 is 1.88 bits per heavy atom. The van der Waals surface area contributed by atoms with Crippen molar-refractivity contribution in [2.24, 2.45) is 11.8 Å². The Balaban J connectivity index is 1.38. The first kappa shape index (κ1) is 27.8. The van der Waals surface area contributed by atoms with E-state index in [1.807, 2.05) is 16.7 Å². The molecule has 6 rings (SSSR count). The molecule has 3 aromatic rings. The molecule has 2 N–H and O–H groups in total. The quantitative estimate of drug-likeness (QED) is 0.447. The first-order valence-electron chi connectivity index (χ1n) is 13.6. The Kier molecular flexibility index (Phi) is 7.32. The van der Waals surface area contributed by atoms with E-state index in [1.165, 1.54) is 4.52 Å². The normalized spacial score (nSPS) is 21.1. The molecule has 0 spiro atoms. The van der Waals surface area contributed by atoms with Gasteiger partial charge in [-0.05, 0) is 24.6 Å². The molecule has 2 atom stereocenters. The number of aromatic nitrogens is 4. The molecule has 1 amide bonds. The zero-order valence-corrected chi connectivity index (χ0v) is 23.1. The zero-order valence-electron chi connectivity index (χ0n) is 22.4. The van der Waals surface area contributed by atoms with Crippen molar-refractivity contribution in [3.05, 3.63) is 44.8 Å². The molecule has 0 bridgehead atoms. The third kappa shape index (κ3) is 5.24. The lowest BCUT2D eigenvalue weighted by atomic mass is 10.0. The minimum atomic E-state index is -4.56. The van der Waals surface area contributed by atoms with E-state index < -0.39 is 17.6 Å². The minimum Gasteiger partial charge on any atom is -0.381 e. The van der Waals surface area contributed by atoms with E-state index in [4.69, 9.17) is 21.3 Å². The molecule has 0 aliphatic carbocycles. The van der Waals surface area contributed by atoms with Crippen LogP contribution in [0.2, 0.25) is 5.02 Å². The highest BCUT2D eigenvalue weighted by Crippen LogP contribution is 2.34. The number of benzene rings is 1. The SMILES string of the molecule is CCc1c(N2CCNCC2)c(=O)n2nc(N3CC4COCC4C3)nc2n1CC(=O)Nc1ccc(C(F)(F)F)cc1Cl. The van der Waals surface area contributed by atoms with Gasteiger partial charge in [0.1, 0.15) is 12.2 Å². The van der Waals surface area contributed by atoms with Gasteiger partial charge in [-0.3, -0.25) is 9.59 Å². The van der Waals surface area contributed by atoms with Gasteiger partial charge < -0.3 is 29.7 Å². The second kappa shape index (κ2) is 10.8. The molecule has 2 unspecified atom stereocenters. The van der Waals surface area contributed by atoms with Gasteiger partial charge in [-0.2, -0.15) is 22.7 Å². The highest BCUT2D eigenvalue weighted by Gasteiger charge is 2.39. The van der Waals surface area contributed by atoms with Gasteiger partial charge in [0.15, 0.2) is 0 Å². The van der Waals surface area contributed by atoms with Crippen molar-refractivity contribution in [1.29, 1.82) is 0 Å². The van der Waals surface area contributed by atoms with Gasteiger partial charge in [-0.25, -0.2) is 0 Å². The van der Waals surface area contributed by atoms with Crippen molar-refractivity contribution >= 4 is 40.6 Å². The van der Waals surface area contributed by atoms with Crippen molar-refractivity contribution < 1.29 is 22.7 Å². The molecule has 0 saturated carbocycles. The Morgan fingerprint density at radius 1 is 1.17 bits per heavy atom. The first-order chi connectivity index (χ1) is 19.6. The van der Waals surface area contributed by atoms with Crippen LogP contribution in [0.5, 0.6) is 0 Å². The van der Waals surface area contributed by atoms with Crippen LogP contribution < -0.4 is 26.0 Å². The highest BCUT2D eigenvalue weighted by atomic mass is 35.5. The number of alkyl halides is 3. The number of halogens is 4. The van der Waals surface area contributed by atoms with Crippen molar-refractivity contribution in [1.82, 2.24) is 24.5 Å². The summed E-state index contributed by atoms with van der Waals surface area (Å²) in [5.41, 5.74) is -0.0726. The van der Waals surface area contributed by atoms with Crippen LogP contribution in [0.25, 0.3) is 5.78 Å². The van der Waals surface area contributed by atoms with Gasteiger partial charge in [0.2, 0.25) is 17.6 Å². The van der Waals surface area contributed by atoms with Gasteiger partial charge in [-0.15, -0.1) is 5.10 Å². The fraction of sp³-hybridized carbons (Fsp3) is 0.538. The van der Waals surface area contributed by atoms with Gasteiger partial charge in [0, 0.05) is 51.1 Å². The molecule has 3 aliphatic heterocycles. The number of rotatable bonds is 6. The largest absolute Gasteiger partial charge is 0.416 e. The highest BCUT2D eigenvalue weighted by molar-refractivity contribution is 6.33. The monoisotopic (exact) mass is 594 g/mol. The summed E-state index contributed by atoms with van der Waals surface area (Å²) in [5, 5.41) is 10.3. The van der Waals surface area contributed by atoms with E-state index in [2.05, 4.69) is 15.7 Å². The van der Waals surface area contributed by atoms with Crippen molar-refractivity contribution in [2.75, 3.05) is 67.6 Å². The van der Waals surface area contributed by atoms with E-state index in [-0.39, 0.29) is 28.6 Å². The van der Waals surface area contributed by atoms with Crippen molar-refractivity contribution in [2.45, 2.75) is 26.1 Å². The summed E-state index contributed by atoms with van der Waals surface area (Å²) in [7, 11) is 0. The summed E-state index contributed by atoms with van der Waals surface area (Å²) in [5.74, 6) is 0.860. The molecule has 3 saturated heterocycles. The van der Waals surface area contributed by atoms with Crippen LogP contribution in [0.4, 0.5) is 30.5 Å². The smallest absolute Gasteiger partial charge is 0.381 e. The maximum Gasteiger partial charge on any atom is 0.416 e. The Labute approximate surface area is 238 Å². The van der Waals surface area contributed by atoms with Crippen LogP contribution in [-0.2, 0) is 28.7 Å². The second-order valence-corrected chi connectivity index (χ2v) is 11.0. The van der Waals surface area contributed by atoms with Gasteiger partial charge in [-0.1, -0.05) is 18.5 Å². The number of nitrogens with zero attached hydrogens (tertiary/aromatic N) is 6. The lowest BCUT2D eigenvalue weighted by molar-refractivity contribution is -0.137. The lowest BCUT2D eigenvalue weighted by Gasteiger charge is -2.31. The third-order valence-electron chi connectivity index (χ3n) is 7.98. The number of anilines is 3. The third-order valence-corrected chi connectivity index (χ3v) is 8.29. The number of ether oxygens (including phenoxy) is 1. The fourth-order valence-corrected chi connectivity index (χ4v) is 6.15. The molecular formula is C26H30ClF3N8O3. The number of hydrogen-bond donors (Lipinski definition) is 2. The van der Waals surface area contributed by atoms with Crippen LogP contribution in [0, 0.1) is 11.8 Å². The van der Waals surface area contributed by atoms with Gasteiger partial charge >= 0.3 is 6.18 Å². The van der Waals surface area contributed by atoms with Crippen molar-refractivity contribution in [3.8, 4) is 0 Å². The van der Waals surface area contributed by atoms with E-state index in [0.29, 0.717) is 88.1 Å². The number of hydrogen-bond acceptors (Lipinski definition) is 8. The maximum atomic E-state index is 13.9. The summed E-state index contributed by atoms with van der Waals surface area (Å²) < 4.78 is 47.7. The average Bonchev–Trinajstić information content (AvgIpc) is 3.66. The minimum absolute atomic E-state index is 0.0510. The first-order valence-corrected chi connectivity index (χ1v) is 14.0. The van der Waals surface area contributed by atoms with Crippen LogP contribution in [0.15, 0.2) is 23.0 Å². The number of fused-ring (bicyclic) bond motifs is 2. The molecule has 2 aromatic heterocycles. The molecule has 15 heteroatoms. The van der Waals surface area contributed by atoms with E-state index in [1.54, 1.807) is 4.57 Å². The van der Waals surface area contributed by atoms with Crippen LogP contribution in [-0.4, -0.2) is 77.6 Å². The summed E-state index contributed by atoms with van der Waals surface area (Å²) in [6, 6.07) is 2.76. The summed E-state index contributed by atoms with van der Waals surface area (Å²) in [4.78, 5) is 35.9. The molecule has 3 fully saturated rings. The topological polar surface area (TPSA) is 109 Å². The Morgan fingerprint density at radius 3 is 2.51 bits per heavy atom. The second-order valence-electron chi connectivity index (χ2n) is 10.6. The lowest BCUT2D eigenvalue weighted by Crippen LogP contribution is -2.47. The zero-order chi connectivity index (χ0) is 28.9. The number of nitrogens with one attached hydrogen (secondary N) is 2. The molecular weight excluding hydrogens is 565 g/mol. The van der Waals surface area contributed by atoms with Gasteiger partial charge in [0.05, 0.1) is 35.2 Å². The average molecular weight is 595 g/mol. The molecule has 3 aliphatic rings. The molecule has 5 heterocycles. The number of carbonyl (C=O) groups excluding carboxylic acids is 1. The standard InChI is InChI=1S/C26H30ClF3N8O3/c1-2-20-22(35-7-5-31-6-8-35)23(40)38-25(33-24(34-38)36-10-15-13-41-14-16(15)11-36)37(20)12-21(39)32-19-4-3-17(9-18(19)27)26(28,29)30/h3-4,9,15-16,31H,2,5-8,10-14H2,1H3,(H,32,39). The molecule has 220 valence electrons. The van der Waals surface area contributed by atoms with E-state index in [9.17, 15) is 22.8 Å². The Bertz CT molecular complexity index is 1520. The summed E-state index contributed by atoms with van der Waals surface area (Å²) >= 11 is 6.08. The molecule has 41 heavy (non-hydrogen) atoms. The van der Waals surface area contributed by atoms with Crippen LogP contribution in [0.3, 0.4) is 0 Å². The molecule has 11 nitrogen and oxygen atoms in total. The fourth-order valence-electron chi connectivity index (χ4n) is 5.92. The predicted octanol–water partition coefficient (Wildman–Crippen LogP) is 2.26. The number of carbonyl (C=O) groups is 1.